The van der Waals surface area contributed by atoms with Crippen LogP contribution < -0.4 is 0 Å². The summed E-state index contributed by atoms with van der Waals surface area (Å²) < 4.78 is 29.8. The van der Waals surface area contributed by atoms with Crippen molar-refractivity contribution in [2.45, 2.75) is 18.0 Å². The highest BCUT2D eigenvalue weighted by Gasteiger charge is 2.26. The average Bonchev–Trinajstić information content (AvgIpc) is 3.30. The predicted octanol–water partition coefficient (Wildman–Crippen LogP) is 3.05. The molecule has 4 aromatic rings. The Morgan fingerprint density at radius 2 is 1.38 bits per heavy atom. The van der Waals surface area contributed by atoms with E-state index in [0.29, 0.717) is 11.4 Å². The Kier molecular flexibility index (Phi) is 5.46. The third-order valence-corrected chi connectivity index (χ3v) is 6.18. The molecule has 0 atom stereocenters. The molecule has 8 heteroatoms. The van der Waals surface area contributed by atoms with Crippen LogP contribution in [-0.2, 0) is 23.1 Å². The second-order valence-electron chi connectivity index (χ2n) is 6.36. The van der Waals surface area contributed by atoms with Gasteiger partial charge in [-0.2, -0.15) is 9.40 Å². The van der Waals surface area contributed by atoms with Crippen molar-refractivity contribution in [1.29, 1.82) is 0 Å². The van der Waals surface area contributed by atoms with Gasteiger partial charge >= 0.3 is 0 Å². The Morgan fingerprint density at radius 3 is 1.86 bits per heavy atom. The fourth-order valence-electron chi connectivity index (χ4n) is 2.91. The summed E-state index contributed by atoms with van der Waals surface area (Å²) in [5, 5.41) is 4.17. The Balaban J connectivity index is 1.66. The Labute approximate surface area is 169 Å². The maximum Gasteiger partial charge on any atom is 0.243 e. The SMILES string of the molecule is O=S(=O)(c1ccc(-n2cccn2)cc1)N(Cc1ccccn1)Cc1ccccn1. The number of sulfonamides is 1. The molecule has 1 aromatic carbocycles. The van der Waals surface area contributed by atoms with Crippen molar-refractivity contribution in [3.63, 3.8) is 0 Å². The zero-order valence-corrected chi connectivity index (χ0v) is 16.4. The van der Waals surface area contributed by atoms with Crippen LogP contribution in [0.4, 0.5) is 0 Å². The number of nitrogens with zero attached hydrogens (tertiary/aromatic N) is 5. The zero-order valence-electron chi connectivity index (χ0n) is 15.5. The Hall–Kier alpha value is -3.36. The van der Waals surface area contributed by atoms with Crippen molar-refractivity contribution < 1.29 is 8.42 Å². The zero-order chi connectivity index (χ0) is 20.1. The normalized spacial score (nSPS) is 11.6. The molecule has 0 aliphatic heterocycles. The van der Waals surface area contributed by atoms with Crippen LogP contribution in [0, 0.1) is 0 Å². The van der Waals surface area contributed by atoms with E-state index in [1.54, 1.807) is 65.9 Å². The Bertz CT molecular complexity index is 1110. The first-order valence-corrected chi connectivity index (χ1v) is 10.5. The minimum Gasteiger partial charge on any atom is -0.260 e. The second-order valence-corrected chi connectivity index (χ2v) is 8.30. The number of rotatable bonds is 7. The van der Waals surface area contributed by atoms with Crippen molar-refractivity contribution in [2.75, 3.05) is 0 Å². The van der Waals surface area contributed by atoms with E-state index in [4.69, 9.17) is 0 Å². The second kappa shape index (κ2) is 8.34. The molecule has 0 saturated carbocycles. The van der Waals surface area contributed by atoms with E-state index in [9.17, 15) is 8.42 Å². The number of hydrogen-bond acceptors (Lipinski definition) is 5. The fourth-order valence-corrected chi connectivity index (χ4v) is 4.29. The van der Waals surface area contributed by atoms with E-state index in [1.807, 2.05) is 30.3 Å². The van der Waals surface area contributed by atoms with E-state index >= 15 is 0 Å². The topological polar surface area (TPSA) is 81.0 Å². The van der Waals surface area contributed by atoms with Gasteiger partial charge < -0.3 is 0 Å². The molecule has 29 heavy (non-hydrogen) atoms. The summed E-state index contributed by atoms with van der Waals surface area (Å²) in [5.41, 5.74) is 2.12. The molecule has 3 heterocycles. The smallest absolute Gasteiger partial charge is 0.243 e. The fraction of sp³-hybridized carbons (Fsp3) is 0.0952. The van der Waals surface area contributed by atoms with Crippen LogP contribution in [0.25, 0.3) is 5.69 Å². The Morgan fingerprint density at radius 1 is 0.759 bits per heavy atom. The molecule has 0 aliphatic carbocycles. The van der Waals surface area contributed by atoms with Crippen LogP contribution in [0.3, 0.4) is 0 Å². The van der Waals surface area contributed by atoms with Crippen LogP contribution in [0.1, 0.15) is 11.4 Å². The van der Waals surface area contributed by atoms with Gasteiger partial charge in [-0.15, -0.1) is 0 Å². The lowest BCUT2D eigenvalue weighted by molar-refractivity contribution is 0.393. The van der Waals surface area contributed by atoms with E-state index < -0.39 is 10.0 Å². The highest BCUT2D eigenvalue weighted by molar-refractivity contribution is 7.89. The van der Waals surface area contributed by atoms with Gasteiger partial charge in [0.15, 0.2) is 0 Å². The largest absolute Gasteiger partial charge is 0.260 e. The number of aromatic nitrogens is 4. The highest BCUT2D eigenvalue weighted by Crippen LogP contribution is 2.21. The molecule has 3 aromatic heterocycles. The van der Waals surface area contributed by atoms with Crippen molar-refractivity contribution in [3.05, 3.63) is 103 Å². The van der Waals surface area contributed by atoms with E-state index in [2.05, 4.69) is 15.1 Å². The molecule has 0 N–H and O–H groups in total. The summed E-state index contributed by atoms with van der Waals surface area (Å²) in [4.78, 5) is 8.76. The molecule has 0 saturated heterocycles. The van der Waals surface area contributed by atoms with Gasteiger partial charge in [-0.25, -0.2) is 13.1 Å². The van der Waals surface area contributed by atoms with Gasteiger partial charge in [0.2, 0.25) is 10.0 Å². The number of hydrogen-bond donors (Lipinski definition) is 0. The molecular formula is C21H19N5O2S. The molecule has 0 fully saturated rings. The third kappa shape index (κ3) is 4.39. The van der Waals surface area contributed by atoms with Crippen LogP contribution in [0.2, 0.25) is 0 Å². The van der Waals surface area contributed by atoms with Crippen LogP contribution in [0.15, 0.2) is 96.4 Å². The molecule has 0 bridgehead atoms. The molecule has 0 amide bonds. The molecule has 0 aliphatic rings. The lowest BCUT2D eigenvalue weighted by Crippen LogP contribution is -2.31. The maximum atomic E-state index is 13.4. The van der Waals surface area contributed by atoms with Crippen molar-refractivity contribution in [3.8, 4) is 5.69 Å². The quantitative estimate of drug-likeness (QED) is 0.472. The summed E-state index contributed by atoms with van der Waals surface area (Å²) >= 11 is 0. The number of benzene rings is 1. The summed E-state index contributed by atoms with van der Waals surface area (Å²) in [7, 11) is -3.76. The van der Waals surface area contributed by atoms with Gasteiger partial charge in [0.05, 0.1) is 35.1 Å². The minimum absolute atomic E-state index is 0.153. The van der Waals surface area contributed by atoms with Gasteiger partial charge in [0, 0.05) is 24.8 Å². The van der Waals surface area contributed by atoms with Gasteiger partial charge in [-0.1, -0.05) is 12.1 Å². The molecule has 4 rings (SSSR count). The molecule has 0 radical (unpaired) electrons. The van der Waals surface area contributed by atoms with Crippen LogP contribution in [0.5, 0.6) is 0 Å². The minimum atomic E-state index is -3.76. The monoisotopic (exact) mass is 405 g/mol. The summed E-state index contributed by atoms with van der Waals surface area (Å²) in [6.45, 7) is 0.307. The molecular weight excluding hydrogens is 386 g/mol. The van der Waals surface area contributed by atoms with E-state index in [1.165, 1.54) is 4.31 Å². The van der Waals surface area contributed by atoms with E-state index in [0.717, 1.165) is 5.69 Å². The predicted molar refractivity (Wildman–Crippen MR) is 108 cm³/mol. The van der Waals surface area contributed by atoms with Gasteiger partial charge in [0.1, 0.15) is 0 Å². The third-order valence-electron chi connectivity index (χ3n) is 4.37. The average molecular weight is 405 g/mol. The molecule has 146 valence electrons. The summed E-state index contributed by atoms with van der Waals surface area (Å²) in [6, 6.07) is 19.4. The lowest BCUT2D eigenvalue weighted by Gasteiger charge is -2.22. The van der Waals surface area contributed by atoms with Gasteiger partial charge in [-0.05, 0) is 54.6 Å². The summed E-state index contributed by atoms with van der Waals surface area (Å²) in [5.74, 6) is 0. The first kappa shape index (κ1) is 19.0. The van der Waals surface area contributed by atoms with Crippen LogP contribution in [-0.4, -0.2) is 32.5 Å². The van der Waals surface area contributed by atoms with E-state index in [-0.39, 0.29) is 18.0 Å². The standard InChI is InChI=1S/C21H19N5O2S/c27-29(28,21-10-8-20(9-11-21)26-15-5-14-24-26)25(16-18-6-1-3-12-22-18)17-19-7-2-4-13-23-19/h1-15H,16-17H2. The maximum absolute atomic E-state index is 13.4. The van der Waals surface area contributed by atoms with Gasteiger partial charge in [0.25, 0.3) is 0 Å². The highest BCUT2D eigenvalue weighted by atomic mass is 32.2. The first-order valence-electron chi connectivity index (χ1n) is 9.03. The summed E-state index contributed by atoms with van der Waals surface area (Å²) in [6.07, 6.45) is 6.78. The van der Waals surface area contributed by atoms with Crippen molar-refractivity contribution in [2.24, 2.45) is 0 Å². The van der Waals surface area contributed by atoms with Crippen LogP contribution >= 0.6 is 0 Å². The molecule has 7 nitrogen and oxygen atoms in total. The van der Waals surface area contributed by atoms with Crippen molar-refractivity contribution in [1.82, 2.24) is 24.1 Å². The lowest BCUT2D eigenvalue weighted by atomic mass is 10.3. The molecule has 0 unspecified atom stereocenters. The van der Waals surface area contributed by atoms with Crippen molar-refractivity contribution >= 4 is 10.0 Å². The number of pyridine rings is 2. The van der Waals surface area contributed by atoms with Gasteiger partial charge in [-0.3, -0.25) is 9.97 Å². The molecule has 0 spiro atoms. The first-order chi connectivity index (χ1) is 14.1.